The van der Waals surface area contributed by atoms with Gasteiger partial charge in [0.2, 0.25) is 0 Å². The topological polar surface area (TPSA) is 22.0 Å². The average molecular weight is 398 g/mol. The van der Waals surface area contributed by atoms with Crippen molar-refractivity contribution in [3.63, 3.8) is 0 Å². The third kappa shape index (κ3) is 5.46. The van der Waals surface area contributed by atoms with E-state index in [1.165, 1.54) is 51.8 Å². The van der Waals surface area contributed by atoms with Crippen LogP contribution in [0.4, 0.5) is 0 Å². The van der Waals surface area contributed by atoms with Gasteiger partial charge in [0.15, 0.2) is 0 Å². The van der Waals surface area contributed by atoms with Crippen LogP contribution in [0.3, 0.4) is 0 Å². The normalized spacial score (nSPS) is 11.8. The van der Waals surface area contributed by atoms with Crippen molar-refractivity contribution in [3.8, 4) is 0 Å². The Kier molecular flexibility index (Phi) is 8.68. The first-order valence-electron chi connectivity index (χ1n) is 8.76. The molecule has 0 aliphatic heterocycles. The van der Waals surface area contributed by atoms with E-state index in [0.29, 0.717) is 0 Å². The van der Waals surface area contributed by atoms with Crippen LogP contribution in [-0.4, -0.2) is 22.9 Å². The number of nitrogens with zero attached hydrogens (tertiary/aromatic N) is 1. The Hall–Kier alpha value is -0.251. The summed E-state index contributed by atoms with van der Waals surface area (Å²) in [4.78, 5) is 11.7. The Morgan fingerprint density at radius 2 is 1.38 bits per heavy atom. The number of rotatable bonds is 10. The Morgan fingerprint density at radius 3 is 1.76 bits per heavy atom. The zero-order valence-electron chi connectivity index (χ0n) is 14.5. The molecule has 1 aromatic heterocycles. The van der Waals surface area contributed by atoms with E-state index in [4.69, 9.17) is 0 Å². The van der Waals surface area contributed by atoms with Crippen molar-refractivity contribution >= 4 is 22.0 Å². The number of aryl methyl sites for hydroxylation is 1. The van der Waals surface area contributed by atoms with Crippen molar-refractivity contribution in [2.24, 2.45) is 7.05 Å². The third-order valence-electron chi connectivity index (χ3n) is 4.72. The van der Waals surface area contributed by atoms with Crippen LogP contribution in [0.1, 0.15) is 59.3 Å². The summed E-state index contributed by atoms with van der Waals surface area (Å²) in [7, 11) is 1.90. The Balaban J connectivity index is 3.15. The molecule has 0 aromatic carbocycles. The molecule has 0 atom stereocenters. The van der Waals surface area contributed by atoms with E-state index >= 15 is 0 Å². The van der Waals surface area contributed by atoms with Crippen LogP contribution >= 0.6 is 0 Å². The fourth-order valence-corrected chi connectivity index (χ4v) is 19.3. The first-order valence-corrected chi connectivity index (χ1v) is 16.2. The standard InChI is InChI=1S/C6H6NO.3C4H9.Sn/c1-7-5-3-2-4-6(7)8;3*1-3-4-2;/h2,4-5H,1H3;3*1,3-4H2,2H3;. The minimum absolute atomic E-state index is 0.125. The SMILES string of the molecule is CCC[CH2][Sn]([CH2]CCC)([CH2]CCC)[c]1ccc(=O)n(C)c1. The fourth-order valence-electron chi connectivity index (χ4n) is 3.26. The molecule has 0 unspecified atom stereocenters. The molecule has 1 heterocycles. The van der Waals surface area contributed by atoms with E-state index in [9.17, 15) is 4.79 Å². The monoisotopic (exact) mass is 399 g/mol. The van der Waals surface area contributed by atoms with Crippen molar-refractivity contribution in [3.05, 3.63) is 28.7 Å². The second-order valence-corrected chi connectivity index (χ2v) is 19.7. The van der Waals surface area contributed by atoms with E-state index in [0.717, 1.165) is 0 Å². The molecule has 0 saturated heterocycles. The minimum atomic E-state index is -2.33. The second kappa shape index (κ2) is 9.70. The summed E-state index contributed by atoms with van der Waals surface area (Å²) in [6, 6.07) is 3.98. The average Bonchev–Trinajstić information content (AvgIpc) is 2.50. The van der Waals surface area contributed by atoms with Crippen LogP contribution in [0.2, 0.25) is 13.3 Å². The first-order chi connectivity index (χ1) is 10.1. The number of unbranched alkanes of at least 4 members (excludes halogenated alkanes) is 3. The Labute approximate surface area is 134 Å². The summed E-state index contributed by atoms with van der Waals surface area (Å²) in [5.74, 6) is 0. The van der Waals surface area contributed by atoms with Crippen LogP contribution in [0, 0.1) is 0 Å². The van der Waals surface area contributed by atoms with Crippen LogP contribution in [-0.2, 0) is 7.05 Å². The maximum atomic E-state index is 11.7. The first kappa shape index (κ1) is 18.8. The predicted molar refractivity (Wildman–Crippen MR) is 96.2 cm³/mol. The van der Waals surface area contributed by atoms with Crippen LogP contribution < -0.4 is 9.14 Å². The van der Waals surface area contributed by atoms with Crippen molar-refractivity contribution in [1.29, 1.82) is 0 Å². The van der Waals surface area contributed by atoms with E-state index in [2.05, 4.69) is 33.0 Å². The molecule has 0 bridgehead atoms. The van der Waals surface area contributed by atoms with Gasteiger partial charge in [0.1, 0.15) is 0 Å². The molecule has 0 spiro atoms. The molecule has 0 radical (unpaired) electrons. The van der Waals surface area contributed by atoms with Gasteiger partial charge in [-0.2, -0.15) is 0 Å². The summed E-state index contributed by atoms with van der Waals surface area (Å²) in [5.41, 5.74) is 0.125. The quantitative estimate of drug-likeness (QED) is 0.535. The van der Waals surface area contributed by atoms with Crippen LogP contribution in [0.25, 0.3) is 0 Å². The van der Waals surface area contributed by atoms with Gasteiger partial charge in [-0.15, -0.1) is 0 Å². The Morgan fingerprint density at radius 1 is 0.905 bits per heavy atom. The molecule has 0 aliphatic rings. The van der Waals surface area contributed by atoms with Gasteiger partial charge in [-0.1, -0.05) is 0 Å². The summed E-state index contributed by atoms with van der Waals surface area (Å²) in [6.07, 6.45) is 10.2. The van der Waals surface area contributed by atoms with Gasteiger partial charge in [-0.3, -0.25) is 0 Å². The summed E-state index contributed by atoms with van der Waals surface area (Å²) < 4.78 is 7.77. The van der Waals surface area contributed by atoms with Gasteiger partial charge in [0, 0.05) is 0 Å². The Bertz CT molecular complexity index is 445. The molecule has 0 N–H and O–H groups in total. The van der Waals surface area contributed by atoms with Gasteiger partial charge in [-0.25, -0.2) is 0 Å². The summed E-state index contributed by atoms with van der Waals surface area (Å²) >= 11 is -2.33. The third-order valence-corrected chi connectivity index (χ3v) is 20.3. The van der Waals surface area contributed by atoms with Gasteiger partial charge < -0.3 is 0 Å². The molecule has 120 valence electrons. The number of aromatic nitrogens is 1. The van der Waals surface area contributed by atoms with Gasteiger partial charge >= 0.3 is 135 Å². The molecule has 0 fully saturated rings. The predicted octanol–water partition coefficient (Wildman–Crippen LogP) is 4.44. The van der Waals surface area contributed by atoms with E-state index in [-0.39, 0.29) is 5.56 Å². The maximum absolute atomic E-state index is 11.7. The van der Waals surface area contributed by atoms with Crippen LogP contribution in [0.5, 0.6) is 0 Å². The van der Waals surface area contributed by atoms with E-state index in [1.807, 2.05) is 7.05 Å². The van der Waals surface area contributed by atoms with Crippen molar-refractivity contribution < 1.29 is 0 Å². The number of hydrogen-bond acceptors (Lipinski definition) is 1. The molecule has 1 aromatic rings. The molecule has 2 nitrogen and oxygen atoms in total. The van der Waals surface area contributed by atoms with Crippen molar-refractivity contribution in [1.82, 2.24) is 4.57 Å². The zero-order valence-corrected chi connectivity index (χ0v) is 17.3. The fraction of sp³-hybridized carbons (Fsp3) is 0.722. The number of pyridine rings is 1. The molecule has 0 saturated carbocycles. The van der Waals surface area contributed by atoms with Crippen molar-refractivity contribution in [2.45, 2.75) is 72.6 Å². The molecule has 1 rings (SSSR count). The molecule has 21 heavy (non-hydrogen) atoms. The van der Waals surface area contributed by atoms with E-state index in [1.54, 1.807) is 14.2 Å². The number of hydrogen-bond donors (Lipinski definition) is 0. The summed E-state index contributed by atoms with van der Waals surface area (Å²) in [5, 5.41) is 0. The van der Waals surface area contributed by atoms with Crippen molar-refractivity contribution in [2.75, 3.05) is 0 Å². The van der Waals surface area contributed by atoms with Gasteiger partial charge in [0.05, 0.1) is 0 Å². The van der Waals surface area contributed by atoms with Crippen LogP contribution in [0.15, 0.2) is 23.1 Å². The summed E-state index contributed by atoms with van der Waals surface area (Å²) in [6.45, 7) is 6.91. The van der Waals surface area contributed by atoms with E-state index < -0.39 is 18.4 Å². The molecule has 3 heteroatoms. The van der Waals surface area contributed by atoms with Gasteiger partial charge in [-0.05, 0) is 0 Å². The molecule has 0 aliphatic carbocycles. The molecular weight excluding hydrogens is 365 g/mol. The molecule has 0 amide bonds. The second-order valence-electron chi connectivity index (χ2n) is 6.46. The van der Waals surface area contributed by atoms with Gasteiger partial charge in [0.25, 0.3) is 0 Å². The molecular formula is C18H33NOSn. The zero-order chi connectivity index (χ0) is 15.7.